The molecule has 1 aliphatic rings. The lowest BCUT2D eigenvalue weighted by Gasteiger charge is -2.34. The van der Waals surface area contributed by atoms with Crippen LogP contribution < -0.4 is 0 Å². The van der Waals surface area contributed by atoms with E-state index in [-0.39, 0.29) is 0 Å². The number of aryl methyl sites for hydroxylation is 1. The maximum Gasteiger partial charge on any atom is 0.240 e. The van der Waals surface area contributed by atoms with Gasteiger partial charge in [0, 0.05) is 24.5 Å². The zero-order chi connectivity index (χ0) is 15.5. The predicted molar refractivity (Wildman–Crippen MR) is 86.3 cm³/mol. The summed E-state index contributed by atoms with van der Waals surface area (Å²) < 4.78 is 5.84. The van der Waals surface area contributed by atoms with Gasteiger partial charge < -0.3 is 9.32 Å². The van der Waals surface area contributed by atoms with Gasteiger partial charge in [-0.05, 0) is 63.6 Å². The van der Waals surface area contributed by atoms with Crippen LogP contribution in [0.2, 0.25) is 0 Å². The van der Waals surface area contributed by atoms with Gasteiger partial charge in [-0.3, -0.25) is 4.98 Å². The number of likely N-dealkylation sites (N-methyl/N-ethyl adjacent to an activating group) is 1. The SMILES string of the molecule is Cc1cncc(C=Cc2nnc([C@H]3CCCN(C)[C@H]3C)o2)c1. The number of piperidine rings is 1. The summed E-state index contributed by atoms with van der Waals surface area (Å²) in [5.74, 6) is 1.63. The Balaban J connectivity index is 1.73. The summed E-state index contributed by atoms with van der Waals surface area (Å²) in [6.07, 6.45) is 9.74. The molecule has 0 aromatic carbocycles. The van der Waals surface area contributed by atoms with Gasteiger partial charge in [0.1, 0.15) is 0 Å². The predicted octanol–water partition coefficient (Wildman–Crippen LogP) is 3.14. The van der Waals surface area contributed by atoms with E-state index in [0.717, 1.165) is 30.0 Å². The standard InChI is InChI=1S/C17H22N4O/c1-12-9-14(11-18-10-12)6-7-16-19-20-17(22-16)15-5-4-8-21(3)13(15)2/h6-7,9-11,13,15H,4-5,8H2,1-3H3/t13-,15-/m0/s1. The number of likely N-dealkylation sites (tertiary alicyclic amines) is 1. The Labute approximate surface area is 131 Å². The lowest BCUT2D eigenvalue weighted by Crippen LogP contribution is -2.39. The van der Waals surface area contributed by atoms with Crippen molar-refractivity contribution in [2.24, 2.45) is 0 Å². The molecule has 1 aliphatic heterocycles. The van der Waals surface area contributed by atoms with Crippen LogP contribution in [0.25, 0.3) is 12.2 Å². The second kappa shape index (κ2) is 6.40. The van der Waals surface area contributed by atoms with E-state index in [1.54, 1.807) is 0 Å². The van der Waals surface area contributed by atoms with E-state index < -0.39 is 0 Å². The fourth-order valence-corrected chi connectivity index (χ4v) is 2.94. The number of hydrogen-bond acceptors (Lipinski definition) is 5. The van der Waals surface area contributed by atoms with Crippen molar-refractivity contribution >= 4 is 12.2 Å². The van der Waals surface area contributed by atoms with Crippen LogP contribution >= 0.6 is 0 Å². The molecule has 2 aromatic rings. The maximum atomic E-state index is 5.84. The molecule has 22 heavy (non-hydrogen) atoms. The molecule has 3 rings (SSSR count). The van der Waals surface area contributed by atoms with E-state index in [1.165, 1.54) is 6.42 Å². The average Bonchev–Trinajstić information content (AvgIpc) is 2.97. The average molecular weight is 298 g/mol. The normalized spacial score (nSPS) is 23.2. The summed E-state index contributed by atoms with van der Waals surface area (Å²) in [5, 5.41) is 8.39. The van der Waals surface area contributed by atoms with Crippen molar-refractivity contribution in [3.05, 3.63) is 41.4 Å². The monoisotopic (exact) mass is 298 g/mol. The van der Waals surface area contributed by atoms with Gasteiger partial charge >= 0.3 is 0 Å². The van der Waals surface area contributed by atoms with Crippen molar-refractivity contribution < 1.29 is 4.42 Å². The molecule has 0 amide bonds. The summed E-state index contributed by atoms with van der Waals surface area (Å²) in [6.45, 7) is 5.39. The van der Waals surface area contributed by atoms with E-state index in [1.807, 2.05) is 31.5 Å². The fraction of sp³-hybridized carbons (Fsp3) is 0.471. The topological polar surface area (TPSA) is 55.1 Å². The summed E-state index contributed by atoms with van der Waals surface area (Å²) >= 11 is 0. The smallest absolute Gasteiger partial charge is 0.240 e. The third kappa shape index (κ3) is 3.25. The molecule has 0 unspecified atom stereocenters. The highest BCUT2D eigenvalue weighted by Crippen LogP contribution is 2.30. The van der Waals surface area contributed by atoms with Gasteiger partial charge in [-0.25, -0.2) is 0 Å². The van der Waals surface area contributed by atoms with Crippen LogP contribution in [-0.2, 0) is 0 Å². The van der Waals surface area contributed by atoms with Crippen molar-refractivity contribution in [1.82, 2.24) is 20.1 Å². The molecule has 0 spiro atoms. The highest BCUT2D eigenvalue weighted by atomic mass is 16.4. The Kier molecular flexibility index (Phi) is 4.34. The number of pyridine rings is 1. The molecule has 2 aromatic heterocycles. The summed E-state index contributed by atoms with van der Waals surface area (Å²) in [7, 11) is 2.15. The quantitative estimate of drug-likeness (QED) is 0.871. The van der Waals surface area contributed by atoms with Gasteiger partial charge in [0.2, 0.25) is 11.8 Å². The van der Waals surface area contributed by atoms with Crippen molar-refractivity contribution in [1.29, 1.82) is 0 Å². The largest absolute Gasteiger partial charge is 0.421 e. The van der Waals surface area contributed by atoms with Gasteiger partial charge in [0.25, 0.3) is 0 Å². The van der Waals surface area contributed by atoms with Crippen LogP contribution in [0.5, 0.6) is 0 Å². The molecule has 0 saturated carbocycles. The number of rotatable bonds is 3. The zero-order valence-corrected chi connectivity index (χ0v) is 13.4. The first kappa shape index (κ1) is 14.9. The van der Waals surface area contributed by atoms with Crippen LogP contribution in [-0.4, -0.2) is 39.7 Å². The van der Waals surface area contributed by atoms with Crippen LogP contribution in [0.3, 0.4) is 0 Å². The highest BCUT2D eigenvalue weighted by molar-refractivity contribution is 5.65. The molecule has 0 aliphatic carbocycles. The number of nitrogens with zero attached hydrogens (tertiary/aromatic N) is 4. The Morgan fingerprint density at radius 2 is 2.14 bits per heavy atom. The molecule has 2 atom stereocenters. The minimum Gasteiger partial charge on any atom is -0.421 e. The van der Waals surface area contributed by atoms with Crippen molar-refractivity contribution in [2.75, 3.05) is 13.6 Å². The van der Waals surface area contributed by atoms with E-state index in [4.69, 9.17) is 4.42 Å². The lowest BCUT2D eigenvalue weighted by atomic mass is 9.91. The van der Waals surface area contributed by atoms with Crippen LogP contribution in [0.15, 0.2) is 22.9 Å². The van der Waals surface area contributed by atoms with E-state index in [2.05, 4.69) is 40.1 Å². The summed E-state index contributed by atoms with van der Waals surface area (Å²) in [5.41, 5.74) is 2.16. The first-order chi connectivity index (χ1) is 10.6. The molecule has 0 N–H and O–H groups in total. The molecule has 5 nitrogen and oxygen atoms in total. The fourth-order valence-electron chi connectivity index (χ4n) is 2.94. The molecule has 3 heterocycles. The molecule has 1 saturated heterocycles. The van der Waals surface area contributed by atoms with E-state index in [9.17, 15) is 0 Å². The van der Waals surface area contributed by atoms with Gasteiger partial charge in [-0.1, -0.05) is 0 Å². The number of hydrogen-bond donors (Lipinski definition) is 0. The molecular formula is C17H22N4O. The second-order valence-electron chi connectivity index (χ2n) is 6.08. The molecule has 5 heteroatoms. The van der Waals surface area contributed by atoms with Crippen LogP contribution in [0.4, 0.5) is 0 Å². The minimum absolute atomic E-state index is 0.328. The molecule has 0 bridgehead atoms. The van der Waals surface area contributed by atoms with Gasteiger partial charge in [0.05, 0.1) is 5.92 Å². The Hall–Kier alpha value is -2.01. The molecule has 0 radical (unpaired) electrons. The van der Waals surface area contributed by atoms with E-state index in [0.29, 0.717) is 17.9 Å². The van der Waals surface area contributed by atoms with Gasteiger partial charge in [-0.2, -0.15) is 0 Å². The third-order valence-electron chi connectivity index (χ3n) is 4.39. The molecule has 1 fully saturated rings. The van der Waals surface area contributed by atoms with Crippen molar-refractivity contribution in [2.45, 2.75) is 38.6 Å². The lowest BCUT2D eigenvalue weighted by molar-refractivity contribution is 0.158. The third-order valence-corrected chi connectivity index (χ3v) is 4.39. The van der Waals surface area contributed by atoms with Crippen LogP contribution in [0.1, 0.15) is 48.6 Å². The van der Waals surface area contributed by atoms with Gasteiger partial charge in [-0.15, -0.1) is 10.2 Å². The Bertz CT molecular complexity index is 664. The molecule has 116 valence electrons. The minimum atomic E-state index is 0.328. The van der Waals surface area contributed by atoms with Crippen molar-refractivity contribution in [3.8, 4) is 0 Å². The highest BCUT2D eigenvalue weighted by Gasteiger charge is 2.30. The van der Waals surface area contributed by atoms with E-state index >= 15 is 0 Å². The first-order valence-electron chi connectivity index (χ1n) is 7.77. The maximum absolute atomic E-state index is 5.84. The van der Waals surface area contributed by atoms with Gasteiger partial charge in [0.15, 0.2) is 0 Å². The summed E-state index contributed by atoms with van der Waals surface area (Å²) in [4.78, 5) is 6.52. The van der Waals surface area contributed by atoms with Crippen LogP contribution in [0, 0.1) is 6.92 Å². The number of aromatic nitrogens is 3. The Morgan fingerprint density at radius 1 is 1.27 bits per heavy atom. The van der Waals surface area contributed by atoms with Crippen molar-refractivity contribution in [3.63, 3.8) is 0 Å². The molecular weight excluding hydrogens is 276 g/mol. The second-order valence-corrected chi connectivity index (χ2v) is 6.08. The zero-order valence-electron chi connectivity index (χ0n) is 13.4. The first-order valence-corrected chi connectivity index (χ1v) is 7.77. The summed E-state index contributed by atoms with van der Waals surface area (Å²) in [6, 6.07) is 2.51. The Morgan fingerprint density at radius 3 is 2.95 bits per heavy atom.